The van der Waals surface area contributed by atoms with E-state index in [0.29, 0.717) is 17.6 Å². The molecule has 0 unspecified atom stereocenters. The van der Waals surface area contributed by atoms with E-state index < -0.39 is 11.7 Å². The van der Waals surface area contributed by atoms with Crippen molar-refractivity contribution in [2.75, 3.05) is 0 Å². The second-order valence-corrected chi connectivity index (χ2v) is 7.94. The first-order valence-corrected chi connectivity index (χ1v) is 13.9. The molecule has 2 aromatic rings. The van der Waals surface area contributed by atoms with Gasteiger partial charge in [-0.25, -0.2) is 0 Å². The lowest BCUT2D eigenvalue weighted by atomic mass is 10.1. The number of halogens is 3. The average Bonchev–Trinajstić information content (AvgIpc) is 2.98. The van der Waals surface area contributed by atoms with Crippen molar-refractivity contribution in [1.82, 2.24) is 4.98 Å². The molecule has 1 aromatic carbocycles. The van der Waals surface area contributed by atoms with Crippen LogP contribution < -0.4 is 0 Å². The third kappa shape index (κ3) is 20.5. The molecule has 0 saturated heterocycles. The number of hydrogen-bond donors (Lipinski definition) is 0. The molecule has 222 valence electrons. The Labute approximate surface area is 242 Å². The van der Waals surface area contributed by atoms with Gasteiger partial charge in [-0.2, -0.15) is 13.2 Å². The molecule has 0 N–H and O–H groups in total. The van der Waals surface area contributed by atoms with Crippen LogP contribution in [-0.2, 0) is 0 Å². The zero-order valence-corrected chi connectivity index (χ0v) is 26.0. The van der Waals surface area contributed by atoms with E-state index in [1.165, 1.54) is 30.2 Å². The third-order valence-electron chi connectivity index (χ3n) is 4.92. The van der Waals surface area contributed by atoms with E-state index >= 15 is 0 Å². The highest BCUT2D eigenvalue weighted by Gasteiger charge is 2.29. The van der Waals surface area contributed by atoms with Crippen molar-refractivity contribution in [2.45, 2.75) is 87.8 Å². The average molecular weight is 558 g/mol. The molecule has 1 aromatic heterocycles. The smallest absolute Gasteiger partial charge is 0.294 e. The van der Waals surface area contributed by atoms with Gasteiger partial charge in [0, 0.05) is 30.0 Å². The maximum Gasteiger partial charge on any atom is 0.412 e. The Kier molecular flexibility index (Phi) is 26.4. The van der Waals surface area contributed by atoms with Crippen LogP contribution in [0.25, 0.3) is 5.57 Å². The zero-order valence-electron chi connectivity index (χ0n) is 26.0. The highest BCUT2D eigenvalue weighted by atomic mass is 19.4. The lowest BCUT2D eigenvalue weighted by Gasteiger charge is -2.07. The van der Waals surface area contributed by atoms with Gasteiger partial charge in [0.05, 0.1) is 0 Å². The highest BCUT2D eigenvalue weighted by Crippen LogP contribution is 2.27. The summed E-state index contributed by atoms with van der Waals surface area (Å²) in [7, 11) is 0. The number of nitrogens with zero attached hydrogens (tertiary/aromatic N) is 1. The topological polar surface area (TPSA) is 30.0 Å². The number of carbonyl (C=O) groups is 1. The Balaban J connectivity index is -0.000000493. The number of Topliss-reactive ketones (excluding diaryl/α,β-unsaturated/α-hetero) is 1. The Morgan fingerprint density at radius 3 is 1.98 bits per heavy atom. The predicted octanol–water partition coefficient (Wildman–Crippen LogP) is 11.7. The molecule has 0 radical (unpaired) electrons. The van der Waals surface area contributed by atoms with Crippen LogP contribution in [0, 0.1) is 6.92 Å². The normalized spacial score (nSPS) is 10.8. The van der Waals surface area contributed by atoms with Crippen LogP contribution >= 0.6 is 0 Å². The van der Waals surface area contributed by atoms with E-state index in [0.717, 1.165) is 18.6 Å². The molecular formula is C35H50F3NO. The quantitative estimate of drug-likeness (QED) is 0.239. The number of allylic oxidation sites excluding steroid dienone is 8. The number of pyridine rings is 1. The van der Waals surface area contributed by atoms with Crippen molar-refractivity contribution >= 4 is 11.4 Å². The minimum Gasteiger partial charge on any atom is -0.294 e. The van der Waals surface area contributed by atoms with Gasteiger partial charge >= 0.3 is 6.18 Å². The van der Waals surface area contributed by atoms with Crippen molar-refractivity contribution in [3.8, 4) is 0 Å². The van der Waals surface area contributed by atoms with Gasteiger partial charge in [0.15, 0.2) is 5.78 Å². The van der Waals surface area contributed by atoms with Crippen LogP contribution in [0.4, 0.5) is 13.2 Å². The lowest BCUT2D eigenvalue weighted by molar-refractivity contribution is -0.0912. The zero-order chi connectivity index (χ0) is 31.6. The van der Waals surface area contributed by atoms with E-state index in [2.05, 4.69) is 44.1 Å². The Bertz CT molecular complexity index is 1030. The van der Waals surface area contributed by atoms with Gasteiger partial charge in [0.2, 0.25) is 0 Å². The lowest BCUT2D eigenvalue weighted by Crippen LogP contribution is -2.08. The Morgan fingerprint density at radius 1 is 1.00 bits per heavy atom. The molecule has 5 heteroatoms. The number of rotatable bonds is 8. The SMILES string of the molecule is C=C(/C=C(\C)C(F)(F)F)c1cccnc1.C=C/C=C\C(=C/C)CCC.CC.CC.CCC(=O)c1ccc(C)cc1. The minimum absolute atomic E-state index is 0.213. The summed E-state index contributed by atoms with van der Waals surface area (Å²) in [6.45, 7) is 24.3. The van der Waals surface area contributed by atoms with Crippen molar-refractivity contribution in [1.29, 1.82) is 0 Å². The molecular weight excluding hydrogens is 507 g/mol. The molecule has 0 saturated carbocycles. The summed E-state index contributed by atoms with van der Waals surface area (Å²) < 4.78 is 36.6. The number of aromatic nitrogens is 1. The minimum atomic E-state index is -4.30. The van der Waals surface area contributed by atoms with Gasteiger partial charge in [-0.1, -0.05) is 127 Å². The van der Waals surface area contributed by atoms with Crippen molar-refractivity contribution in [3.05, 3.63) is 120 Å². The van der Waals surface area contributed by atoms with Gasteiger partial charge in [0.25, 0.3) is 0 Å². The van der Waals surface area contributed by atoms with Crippen LogP contribution in [0.2, 0.25) is 0 Å². The van der Waals surface area contributed by atoms with Gasteiger partial charge in [-0.05, 0) is 50.5 Å². The number of hydrogen-bond acceptors (Lipinski definition) is 2. The highest BCUT2D eigenvalue weighted by molar-refractivity contribution is 5.95. The van der Waals surface area contributed by atoms with Gasteiger partial charge in [0.1, 0.15) is 0 Å². The molecule has 40 heavy (non-hydrogen) atoms. The second kappa shape index (κ2) is 25.8. The fourth-order valence-corrected chi connectivity index (χ4v) is 2.73. The number of ketones is 1. The summed E-state index contributed by atoms with van der Waals surface area (Å²) in [4.78, 5) is 14.9. The second-order valence-electron chi connectivity index (χ2n) is 7.94. The first kappa shape index (κ1) is 41.0. The summed E-state index contributed by atoms with van der Waals surface area (Å²) in [6.07, 6.45) is 10.7. The Hall–Kier alpha value is -3.47. The molecule has 2 rings (SSSR count). The molecule has 0 fully saturated rings. The number of benzene rings is 1. The van der Waals surface area contributed by atoms with Crippen molar-refractivity contribution in [2.24, 2.45) is 0 Å². The maximum atomic E-state index is 12.2. The van der Waals surface area contributed by atoms with E-state index in [1.54, 1.807) is 24.4 Å². The van der Waals surface area contributed by atoms with Crippen LogP contribution in [0.1, 0.15) is 96.1 Å². The molecule has 0 aliphatic carbocycles. The number of carbonyl (C=O) groups excluding carboxylic acids is 1. The number of aryl methyl sites for hydroxylation is 1. The summed E-state index contributed by atoms with van der Waals surface area (Å²) in [6, 6.07) is 11.0. The van der Waals surface area contributed by atoms with Crippen LogP contribution in [0.3, 0.4) is 0 Å². The van der Waals surface area contributed by atoms with Gasteiger partial charge < -0.3 is 0 Å². The standard InChI is InChI=1S/C11H10F3N.C10H12O.C10H16.2C2H6/c1-8(6-9(2)11(12,13)14)10-4-3-5-15-7-10;1-3-10(11)9-6-4-8(2)5-7-9;1-4-7-9-10(6-3)8-5-2;2*1-2/h3-7H,1H2,2H3;4-7H,3H2,1-2H3;4,6-7,9H,1,5,8H2,2-3H3;2*1-2H3/b9-6+;;9-7-,10-6-;;. The van der Waals surface area contributed by atoms with Crippen molar-refractivity contribution in [3.63, 3.8) is 0 Å². The van der Waals surface area contributed by atoms with E-state index in [9.17, 15) is 18.0 Å². The first-order chi connectivity index (χ1) is 19.0. The van der Waals surface area contributed by atoms with Gasteiger partial charge in [-0.15, -0.1) is 0 Å². The maximum absolute atomic E-state index is 12.2. The van der Waals surface area contributed by atoms with E-state index in [-0.39, 0.29) is 5.78 Å². The summed E-state index contributed by atoms with van der Waals surface area (Å²) >= 11 is 0. The fraction of sp³-hybridized carbons (Fsp3) is 0.371. The van der Waals surface area contributed by atoms with Crippen molar-refractivity contribution < 1.29 is 18.0 Å². The Morgan fingerprint density at radius 2 is 1.57 bits per heavy atom. The molecule has 0 aliphatic rings. The molecule has 0 bridgehead atoms. The van der Waals surface area contributed by atoms with Gasteiger partial charge in [-0.3, -0.25) is 9.78 Å². The molecule has 0 atom stereocenters. The van der Waals surface area contributed by atoms with Crippen LogP contribution in [0.5, 0.6) is 0 Å². The molecule has 2 nitrogen and oxygen atoms in total. The van der Waals surface area contributed by atoms with E-state index in [1.807, 2.05) is 71.9 Å². The first-order valence-electron chi connectivity index (χ1n) is 13.9. The molecule has 0 amide bonds. The molecule has 0 aliphatic heterocycles. The largest absolute Gasteiger partial charge is 0.412 e. The number of alkyl halides is 3. The van der Waals surface area contributed by atoms with Crippen LogP contribution in [-0.4, -0.2) is 16.9 Å². The third-order valence-corrected chi connectivity index (χ3v) is 4.92. The summed E-state index contributed by atoms with van der Waals surface area (Å²) in [5.74, 6) is 0.213. The van der Waals surface area contributed by atoms with Crippen LogP contribution in [0.15, 0.2) is 103 Å². The molecule has 0 spiro atoms. The predicted molar refractivity (Wildman–Crippen MR) is 170 cm³/mol. The fourth-order valence-electron chi connectivity index (χ4n) is 2.73. The summed E-state index contributed by atoms with van der Waals surface area (Å²) in [5, 5.41) is 0. The van der Waals surface area contributed by atoms with E-state index in [4.69, 9.17) is 0 Å². The summed E-state index contributed by atoms with van der Waals surface area (Å²) in [5.41, 5.74) is 3.62. The molecule has 1 heterocycles. The monoisotopic (exact) mass is 557 g/mol.